The van der Waals surface area contributed by atoms with Crippen molar-refractivity contribution in [2.45, 2.75) is 43.6 Å². The van der Waals surface area contributed by atoms with Gasteiger partial charge in [-0.05, 0) is 44.4 Å². The van der Waals surface area contributed by atoms with Crippen LogP contribution in [0.4, 0.5) is 0 Å². The molecule has 1 N–H and O–H groups in total. The summed E-state index contributed by atoms with van der Waals surface area (Å²) in [5, 5.41) is 11.5. The van der Waals surface area contributed by atoms with Crippen LogP contribution >= 0.6 is 0 Å². The molecule has 2 rings (SSSR count). The van der Waals surface area contributed by atoms with Crippen molar-refractivity contribution in [1.82, 2.24) is 4.90 Å². The fourth-order valence-corrected chi connectivity index (χ4v) is 2.56. The van der Waals surface area contributed by atoms with Crippen LogP contribution in [0, 0.1) is 0 Å². The number of nitrogens with zero attached hydrogens (tertiary/aromatic N) is 1. The lowest BCUT2D eigenvalue weighted by Gasteiger charge is -2.40. The quantitative estimate of drug-likeness (QED) is 0.905. The Morgan fingerprint density at radius 2 is 2.05 bits per heavy atom. The van der Waals surface area contributed by atoms with E-state index in [0.717, 1.165) is 0 Å². The van der Waals surface area contributed by atoms with Gasteiger partial charge in [0.1, 0.15) is 5.75 Å². The van der Waals surface area contributed by atoms with E-state index >= 15 is 0 Å². The highest BCUT2D eigenvalue weighted by Crippen LogP contribution is 2.40. The second-order valence-corrected chi connectivity index (χ2v) is 4.96. The summed E-state index contributed by atoms with van der Waals surface area (Å²) >= 11 is 0. The maximum Gasteiger partial charge on any atom is 0.118 e. The Balaban J connectivity index is 2.86. The SMILES string of the molecule is [2H]c1c([2H])c([C@@]([2H])(CN(C([2H])([2H])[2H])C([2H])([2H])[2H])C2(O)CCCCC2)c([2H])c([2H])c1OC([2H])([2H])[2H]. The monoisotopic (exact) mass is 291 g/mol. The predicted molar refractivity (Wildman–Crippen MR) is 82.3 cm³/mol. The van der Waals surface area contributed by atoms with Gasteiger partial charge in [-0.3, -0.25) is 0 Å². The molecule has 1 fully saturated rings. The summed E-state index contributed by atoms with van der Waals surface area (Å²) in [7, 11) is -3.11. The fourth-order valence-electron chi connectivity index (χ4n) is 2.56. The molecule has 112 valence electrons. The highest BCUT2D eigenvalue weighted by Gasteiger charge is 2.38. The Bertz CT molecular complexity index is 860. The van der Waals surface area contributed by atoms with Gasteiger partial charge in [-0.1, -0.05) is 31.3 Å². The minimum Gasteiger partial charge on any atom is -0.497 e. The molecule has 1 atom stereocenters. The zero-order valence-electron chi connectivity index (χ0n) is 25.0. The minimum atomic E-state index is -3.25. The van der Waals surface area contributed by atoms with Gasteiger partial charge in [0.25, 0.3) is 0 Å². The van der Waals surface area contributed by atoms with Gasteiger partial charge in [0.05, 0.1) is 22.2 Å². The van der Waals surface area contributed by atoms with Crippen molar-refractivity contribution in [3.63, 3.8) is 0 Å². The Hall–Kier alpha value is -1.06. The van der Waals surface area contributed by atoms with E-state index in [9.17, 15) is 6.48 Å². The standard InChI is InChI=1S/C17H27NO2/c1-18(2)13-16(17(19)11-5-4-6-12-17)14-7-9-15(20-3)10-8-14/h7-10,16,19H,4-6,11-13H2,1-3H3/t16-/m1/s1/i1D3,2D3,3D3,7D,8D,9D,10D,16D. The smallest absolute Gasteiger partial charge is 0.118 e. The van der Waals surface area contributed by atoms with Crippen LogP contribution in [0.25, 0.3) is 0 Å². The molecule has 0 amide bonds. The first-order valence-corrected chi connectivity index (χ1v) is 6.46. The van der Waals surface area contributed by atoms with Crippen molar-refractivity contribution in [1.29, 1.82) is 0 Å². The summed E-state index contributed by atoms with van der Waals surface area (Å²) in [5.41, 5.74) is -2.82. The normalized spacial score (nSPS) is 33.5. The molecule has 0 saturated heterocycles. The van der Waals surface area contributed by atoms with Gasteiger partial charge in [0.15, 0.2) is 0 Å². The summed E-state index contributed by atoms with van der Waals surface area (Å²) in [6.07, 6.45) is 1.35. The van der Waals surface area contributed by atoms with Gasteiger partial charge < -0.3 is 14.7 Å². The van der Waals surface area contributed by atoms with Crippen LogP contribution in [-0.2, 0) is 0 Å². The Labute approximate surface area is 142 Å². The van der Waals surface area contributed by atoms with Gasteiger partial charge in [-0.2, -0.15) is 0 Å². The summed E-state index contributed by atoms with van der Waals surface area (Å²) in [5.74, 6) is -3.53. The molecule has 0 aliphatic heterocycles. The lowest BCUT2D eigenvalue weighted by molar-refractivity contribution is -0.0277. The Morgan fingerprint density at radius 3 is 2.65 bits per heavy atom. The number of benzene rings is 1. The Morgan fingerprint density at radius 1 is 1.35 bits per heavy atom. The molecular formula is C17H27NO2. The van der Waals surface area contributed by atoms with E-state index in [-0.39, 0.29) is 17.7 Å². The maximum absolute atomic E-state index is 11.5. The predicted octanol–water partition coefficient (Wildman–Crippen LogP) is 3.04. The third-order valence-electron chi connectivity index (χ3n) is 3.56. The lowest BCUT2D eigenvalue weighted by Crippen LogP contribution is -2.42. The van der Waals surface area contributed by atoms with Crippen molar-refractivity contribution in [3.8, 4) is 5.75 Å². The summed E-state index contributed by atoms with van der Waals surface area (Å²) in [4.78, 5) is 0.0402. The molecule has 1 aromatic carbocycles. The lowest BCUT2D eigenvalue weighted by atomic mass is 9.72. The van der Waals surface area contributed by atoms with Crippen LogP contribution < -0.4 is 4.74 Å². The molecule has 20 heavy (non-hydrogen) atoms. The van der Waals surface area contributed by atoms with Crippen LogP contribution in [0.5, 0.6) is 5.75 Å². The summed E-state index contributed by atoms with van der Waals surface area (Å²) < 4.78 is 115. The number of methoxy groups -OCH3 is 1. The van der Waals surface area contributed by atoms with Gasteiger partial charge >= 0.3 is 0 Å². The molecule has 0 unspecified atom stereocenters. The van der Waals surface area contributed by atoms with Crippen LogP contribution in [0.2, 0.25) is 0 Å². The van der Waals surface area contributed by atoms with Crippen molar-refractivity contribution in [2.24, 2.45) is 0 Å². The Kier molecular flexibility index (Phi) is 1.74. The van der Waals surface area contributed by atoms with Gasteiger partial charge in [0.2, 0.25) is 0 Å². The molecule has 0 bridgehead atoms. The number of likely N-dealkylation sites (N-methyl/N-ethyl adjacent to an activating group) is 1. The molecule has 1 aliphatic carbocycles. The molecule has 0 aromatic heterocycles. The topological polar surface area (TPSA) is 32.7 Å². The second-order valence-electron chi connectivity index (χ2n) is 4.96. The van der Waals surface area contributed by atoms with E-state index in [1.807, 2.05) is 0 Å². The van der Waals surface area contributed by atoms with Gasteiger partial charge in [0, 0.05) is 22.0 Å². The van der Waals surface area contributed by atoms with Crippen molar-refractivity contribution in [3.05, 3.63) is 29.7 Å². The van der Waals surface area contributed by atoms with Crippen LogP contribution in [0.15, 0.2) is 24.2 Å². The molecule has 3 heteroatoms. The largest absolute Gasteiger partial charge is 0.497 e. The highest BCUT2D eigenvalue weighted by molar-refractivity contribution is 5.31. The zero-order chi connectivity index (χ0) is 26.5. The maximum atomic E-state index is 11.5. The third-order valence-corrected chi connectivity index (χ3v) is 3.56. The van der Waals surface area contributed by atoms with E-state index in [0.29, 0.717) is 19.3 Å². The number of aliphatic hydroxyl groups is 1. The fraction of sp³-hybridized carbons (Fsp3) is 0.647. The number of hydrogen-bond donors (Lipinski definition) is 1. The minimum absolute atomic E-state index is 0.0402. The van der Waals surface area contributed by atoms with Crippen molar-refractivity contribution < 1.29 is 29.0 Å². The first-order valence-electron chi connectivity index (χ1n) is 13.5. The molecule has 0 heterocycles. The van der Waals surface area contributed by atoms with Crippen LogP contribution in [0.1, 0.15) is 62.8 Å². The van der Waals surface area contributed by atoms with E-state index in [1.165, 1.54) is 0 Å². The first kappa shape index (κ1) is 5.29. The number of hydrogen-bond acceptors (Lipinski definition) is 3. The van der Waals surface area contributed by atoms with Gasteiger partial charge in [-0.15, -0.1) is 0 Å². The summed E-state index contributed by atoms with van der Waals surface area (Å²) in [6, 6.07) is -3.74. The molecule has 1 aromatic rings. The molecule has 0 spiro atoms. The summed E-state index contributed by atoms with van der Waals surface area (Å²) in [6.45, 7) is -7.65. The molecule has 3 nitrogen and oxygen atoms in total. The second kappa shape index (κ2) is 6.59. The first-order chi connectivity index (χ1) is 15.2. The van der Waals surface area contributed by atoms with E-state index in [2.05, 4.69) is 4.74 Å². The molecule has 0 radical (unpaired) electrons. The highest BCUT2D eigenvalue weighted by atomic mass is 16.5. The third kappa shape index (κ3) is 3.53. The number of rotatable bonds is 5. The van der Waals surface area contributed by atoms with E-state index in [1.54, 1.807) is 0 Å². The van der Waals surface area contributed by atoms with Crippen LogP contribution in [-0.4, -0.2) is 43.1 Å². The van der Waals surface area contributed by atoms with Crippen molar-refractivity contribution >= 4 is 0 Å². The van der Waals surface area contributed by atoms with Crippen LogP contribution in [0.3, 0.4) is 0 Å². The van der Waals surface area contributed by atoms with E-state index < -0.39 is 74.5 Å². The van der Waals surface area contributed by atoms with Crippen molar-refractivity contribution in [2.75, 3.05) is 27.5 Å². The molecule has 1 aliphatic rings. The molecular weight excluding hydrogens is 250 g/mol. The van der Waals surface area contributed by atoms with Gasteiger partial charge in [-0.25, -0.2) is 0 Å². The van der Waals surface area contributed by atoms with E-state index in [4.69, 9.17) is 17.8 Å². The molecule has 1 saturated carbocycles. The average Bonchev–Trinajstić information content (AvgIpc) is 2.66. The zero-order valence-corrected chi connectivity index (χ0v) is 11.0. The average molecular weight is 291 g/mol. The number of ether oxygens (including phenoxy) is 1.